The van der Waals surface area contributed by atoms with Crippen LogP contribution < -0.4 is 0 Å². The summed E-state index contributed by atoms with van der Waals surface area (Å²) in [5.41, 5.74) is 0. The van der Waals surface area contributed by atoms with Crippen molar-refractivity contribution in [2.24, 2.45) is 41.4 Å². The molecule has 0 bridgehead atoms. The summed E-state index contributed by atoms with van der Waals surface area (Å²) in [5, 5.41) is 0. The highest BCUT2D eigenvalue weighted by Gasteiger charge is 2.45. The van der Waals surface area contributed by atoms with Crippen molar-refractivity contribution in [2.45, 2.75) is 72.1 Å². The van der Waals surface area contributed by atoms with Gasteiger partial charge in [0.25, 0.3) is 0 Å². The fourth-order valence-electron chi connectivity index (χ4n) is 5.21. The minimum Gasteiger partial charge on any atom is -0.0625 e. The molecule has 18 heavy (non-hydrogen) atoms. The molecular formula is C18H32. The molecule has 4 atom stereocenters. The fraction of sp³-hybridized carbons (Fsp3) is 1.00. The SMILES string of the molecule is CC1CCC(C2CCC2)C(C(C(C)C)C2CC2)C1. The highest BCUT2D eigenvalue weighted by Crippen LogP contribution is 2.54. The maximum Gasteiger partial charge on any atom is -0.0331 e. The van der Waals surface area contributed by atoms with Crippen molar-refractivity contribution < 1.29 is 0 Å². The molecule has 3 aliphatic carbocycles. The van der Waals surface area contributed by atoms with Crippen LogP contribution in [0.4, 0.5) is 0 Å². The summed E-state index contributed by atoms with van der Waals surface area (Å²) in [6, 6.07) is 0. The summed E-state index contributed by atoms with van der Waals surface area (Å²) in [6.45, 7) is 7.51. The molecule has 0 aliphatic heterocycles. The van der Waals surface area contributed by atoms with Crippen LogP contribution in [0.15, 0.2) is 0 Å². The minimum absolute atomic E-state index is 0.926. The molecule has 0 N–H and O–H groups in total. The molecule has 0 aromatic carbocycles. The van der Waals surface area contributed by atoms with E-state index in [2.05, 4.69) is 20.8 Å². The van der Waals surface area contributed by atoms with E-state index in [1.54, 1.807) is 38.5 Å². The molecule has 3 saturated carbocycles. The Morgan fingerprint density at radius 1 is 0.889 bits per heavy atom. The van der Waals surface area contributed by atoms with Crippen molar-refractivity contribution in [3.63, 3.8) is 0 Å². The van der Waals surface area contributed by atoms with Gasteiger partial charge in [0.2, 0.25) is 0 Å². The third kappa shape index (κ3) is 2.49. The lowest BCUT2D eigenvalue weighted by molar-refractivity contribution is 0.0225. The van der Waals surface area contributed by atoms with Crippen LogP contribution in [0.1, 0.15) is 72.1 Å². The van der Waals surface area contributed by atoms with Gasteiger partial charge in [-0.15, -0.1) is 0 Å². The van der Waals surface area contributed by atoms with Gasteiger partial charge >= 0.3 is 0 Å². The van der Waals surface area contributed by atoms with E-state index in [-0.39, 0.29) is 0 Å². The number of rotatable bonds is 4. The molecular weight excluding hydrogens is 216 g/mol. The third-order valence-electron chi connectivity index (χ3n) is 6.40. The van der Waals surface area contributed by atoms with E-state index in [0.29, 0.717) is 0 Å². The Hall–Kier alpha value is 0. The number of hydrogen-bond donors (Lipinski definition) is 0. The van der Waals surface area contributed by atoms with E-state index in [0.717, 1.165) is 41.4 Å². The molecule has 4 unspecified atom stereocenters. The first kappa shape index (κ1) is 13.0. The van der Waals surface area contributed by atoms with Crippen molar-refractivity contribution in [3.8, 4) is 0 Å². The zero-order valence-corrected chi connectivity index (χ0v) is 12.7. The van der Waals surface area contributed by atoms with Crippen molar-refractivity contribution in [1.29, 1.82) is 0 Å². The van der Waals surface area contributed by atoms with Crippen molar-refractivity contribution in [3.05, 3.63) is 0 Å². The normalized spacial score (nSPS) is 39.7. The molecule has 0 aromatic heterocycles. The lowest BCUT2D eigenvalue weighted by Gasteiger charge is -2.47. The van der Waals surface area contributed by atoms with Gasteiger partial charge in [-0.2, -0.15) is 0 Å². The molecule has 0 heterocycles. The fourth-order valence-corrected chi connectivity index (χ4v) is 5.21. The predicted molar refractivity (Wildman–Crippen MR) is 78.4 cm³/mol. The van der Waals surface area contributed by atoms with Gasteiger partial charge in [-0.05, 0) is 67.1 Å². The monoisotopic (exact) mass is 248 g/mol. The zero-order chi connectivity index (χ0) is 12.7. The summed E-state index contributed by atoms with van der Waals surface area (Å²) in [5.74, 6) is 7.44. The second-order valence-electron chi connectivity index (χ2n) is 8.10. The van der Waals surface area contributed by atoms with Gasteiger partial charge in [0.1, 0.15) is 0 Å². The van der Waals surface area contributed by atoms with Crippen LogP contribution in [0.25, 0.3) is 0 Å². The van der Waals surface area contributed by atoms with Gasteiger partial charge in [-0.25, -0.2) is 0 Å². The predicted octanol–water partition coefficient (Wildman–Crippen LogP) is 5.52. The maximum atomic E-state index is 2.51. The van der Waals surface area contributed by atoms with Crippen molar-refractivity contribution in [1.82, 2.24) is 0 Å². The first-order valence-electron chi connectivity index (χ1n) is 8.66. The molecule has 0 radical (unpaired) electrons. The van der Waals surface area contributed by atoms with Crippen LogP contribution in [0.2, 0.25) is 0 Å². The Morgan fingerprint density at radius 3 is 2.11 bits per heavy atom. The topological polar surface area (TPSA) is 0 Å². The molecule has 104 valence electrons. The highest BCUT2D eigenvalue weighted by molar-refractivity contribution is 4.95. The Labute approximate surface area is 114 Å². The van der Waals surface area contributed by atoms with E-state index in [1.165, 1.54) is 12.8 Å². The van der Waals surface area contributed by atoms with Crippen LogP contribution in [-0.2, 0) is 0 Å². The standard InChI is InChI=1S/C18H32/c1-12(2)18(15-8-9-15)17-11-13(3)7-10-16(17)14-5-4-6-14/h12-18H,4-11H2,1-3H3. The van der Waals surface area contributed by atoms with E-state index in [9.17, 15) is 0 Å². The minimum atomic E-state index is 0.926. The smallest absolute Gasteiger partial charge is 0.0331 e. The summed E-state index contributed by atoms with van der Waals surface area (Å²) in [6.07, 6.45) is 12.4. The molecule has 3 fully saturated rings. The lowest BCUT2D eigenvalue weighted by Crippen LogP contribution is -2.39. The van der Waals surface area contributed by atoms with Gasteiger partial charge in [-0.1, -0.05) is 46.5 Å². The summed E-state index contributed by atoms with van der Waals surface area (Å²) < 4.78 is 0. The molecule has 0 heteroatoms. The second-order valence-corrected chi connectivity index (χ2v) is 8.10. The van der Waals surface area contributed by atoms with Crippen LogP contribution in [0.5, 0.6) is 0 Å². The Morgan fingerprint density at radius 2 is 1.61 bits per heavy atom. The largest absolute Gasteiger partial charge is 0.0625 e. The molecule has 3 aliphatic rings. The zero-order valence-electron chi connectivity index (χ0n) is 12.7. The van der Waals surface area contributed by atoms with Gasteiger partial charge in [0.15, 0.2) is 0 Å². The summed E-state index contributed by atoms with van der Waals surface area (Å²) >= 11 is 0. The second kappa shape index (κ2) is 5.17. The molecule has 0 aromatic rings. The van der Waals surface area contributed by atoms with E-state index in [1.807, 2.05) is 0 Å². The van der Waals surface area contributed by atoms with E-state index < -0.39 is 0 Å². The van der Waals surface area contributed by atoms with Crippen LogP contribution >= 0.6 is 0 Å². The maximum absolute atomic E-state index is 2.51. The van der Waals surface area contributed by atoms with Crippen molar-refractivity contribution >= 4 is 0 Å². The average Bonchev–Trinajstić information content (AvgIpc) is 3.03. The summed E-state index contributed by atoms with van der Waals surface area (Å²) in [7, 11) is 0. The third-order valence-corrected chi connectivity index (χ3v) is 6.40. The highest BCUT2D eigenvalue weighted by atomic mass is 14.5. The molecule has 0 nitrogen and oxygen atoms in total. The van der Waals surface area contributed by atoms with Gasteiger partial charge in [0.05, 0.1) is 0 Å². The Balaban J connectivity index is 1.74. The first-order valence-corrected chi connectivity index (χ1v) is 8.66. The number of hydrogen-bond acceptors (Lipinski definition) is 0. The van der Waals surface area contributed by atoms with Gasteiger partial charge in [0, 0.05) is 0 Å². The molecule has 0 saturated heterocycles. The van der Waals surface area contributed by atoms with E-state index >= 15 is 0 Å². The van der Waals surface area contributed by atoms with E-state index in [4.69, 9.17) is 0 Å². The molecule has 0 amide bonds. The van der Waals surface area contributed by atoms with Crippen LogP contribution in [0.3, 0.4) is 0 Å². The Bertz CT molecular complexity index is 270. The molecule has 0 spiro atoms. The Kier molecular flexibility index (Phi) is 3.74. The quantitative estimate of drug-likeness (QED) is 0.614. The summed E-state index contributed by atoms with van der Waals surface area (Å²) in [4.78, 5) is 0. The lowest BCUT2D eigenvalue weighted by atomic mass is 9.58. The van der Waals surface area contributed by atoms with Crippen molar-refractivity contribution in [2.75, 3.05) is 0 Å². The average molecular weight is 248 g/mol. The van der Waals surface area contributed by atoms with Crippen LogP contribution in [-0.4, -0.2) is 0 Å². The molecule has 3 rings (SSSR count). The first-order chi connectivity index (χ1) is 8.66. The van der Waals surface area contributed by atoms with Gasteiger partial charge in [-0.3, -0.25) is 0 Å². The van der Waals surface area contributed by atoms with Gasteiger partial charge < -0.3 is 0 Å². The van der Waals surface area contributed by atoms with Crippen LogP contribution in [0, 0.1) is 41.4 Å².